The van der Waals surface area contributed by atoms with Gasteiger partial charge in [-0.3, -0.25) is 14.4 Å². The Morgan fingerprint density at radius 2 is 1.67 bits per heavy atom. The average molecular weight is 734 g/mol. The van der Waals surface area contributed by atoms with Crippen LogP contribution in [0.1, 0.15) is 54.4 Å². The summed E-state index contributed by atoms with van der Waals surface area (Å²) in [5, 5.41) is 23.4. The molecule has 1 saturated carbocycles. The highest BCUT2D eigenvalue weighted by molar-refractivity contribution is 6.32. The van der Waals surface area contributed by atoms with Crippen LogP contribution in [-0.2, 0) is 20.8 Å². The van der Waals surface area contributed by atoms with Gasteiger partial charge in [0.1, 0.15) is 30.5 Å². The van der Waals surface area contributed by atoms with Crippen LogP contribution in [0, 0.1) is 19.7 Å². The maximum Gasteiger partial charge on any atom is 0.305 e. The van der Waals surface area contributed by atoms with Gasteiger partial charge in [-0.25, -0.2) is 4.39 Å². The van der Waals surface area contributed by atoms with Gasteiger partial charge >= 0.3 is 5.97 Å². The van der Waals surface area contributed by atoms with Gasteiger partial charge in [-0.1, -0.05) is 35.9 Å². The summed E-state index contributed by atoms with van der Waals surface area (Å²) in [5.41, 5.74) is 5.50. The summed E-state index contributed by atoms with van der Waals surface area (Å²) in [5.74, 6) is -0.670. The molecule has 3 atom stereocenters. The number of aliphatic hydroxyl groups is 1. The van der Waals surface area contributed by atoms with Gasteiger partial charge in [0, 0.05) is 37.3 Å². The Balaban J connectivity index is 1.21. The third-order valence-corrected chi connectivity index (χ3v) is 10.3. The Morgan fingerprint density at radius 1 is 0.981 bits per heavy atom. The van der Waals surface area contributed by atoms with Gasteiger partial charge in [0.2, 0.25) is 5.91 Å². The number of halogens is 2. The van der Waals surface area contributed by atoms with Crippen molar-refractivity contribution in [1.29, 1.82) is 0 Å². The Kier molecular flexibility index (Phi) is 11.8. The van der Waals surface area contributed by atoms with Crippen LogP contribution < -0.4 is 14.8 Å². The van der Waals surface area contributed by atoms with E-state index in [1.807, 2.05) is 55.1 Å². The van der Waals surface area contributed by atoms with Gasteiger partial charge in [-0.15, -0.1) is 0 Å². The minimum Gasteiger partial charge on any atom is -0.490 e. The number of hydrogen-bond donors (Lipinski definition) is 3. The summed E-state index contributed by atoms with van der Waals surface area (Å²) in [4.78, 5) is 42.5. The molecule has 52 heavy (non-hydrogen) atoms. The summed E-state index contributed by atoms with van der Waals surface area (Å²) in [7, 11) is 0. The van der Waals surface area contributed by atoms with Gasteiger partial charge in [0.25, 0.3) is 5.91 Å². The van der Waals surface area contributed by atoms with E-state index in [0.717, 1.165) is 40.7 Å². The van der Waals surface area contributed by atoms with Crippen molar-refractivity contribution in [3.05, 3.63) is 99.3 Å². The highest BCUT2D eigenvalue weighted by Crippen LogP contribution is 2.37. The minimum atomic E-state index is -1.29. The molecule has 1 saturated heterocycles. The number of aliphatic carboxylic acids is 1. The maximum absolute atomic E-state index is 14.6. The fourth-order valence-corrected chi connectivity index (χ4v) is 7.27. The van der Waals surface area contributed by atoms with Crippen LogP contribution in [0.5, 0.6) is 11.5 Å². The molecule has 276 valence electrons. The van der Waals surface area contributed by atoms with E-state index in [4.69, 9.17) is 26.2 Å². The largest absolute Gasteiger partial charge is 0.490 e. The Bertz CT molecular complexity index is 1810. The van der Waals surface area contributed by atoms with Crippen LogP contribution in [0.2, 0.25) is 5.02 Å². The number of hydrogen-bond acceptors (Lipinski definition) is 7. The third kappa shape index (κ3) is 9.31. The number of rotatable bonds is 15. The zero-order valence-corrected chi connectivity index (χ0v) is 30.2. The minimum absolute atomic E-state index is 0.0988. The summed E-state index contributed by atoms with van der Waals surface area (Å²) in [6.07, 6.45) is 0.744. The molecule has 12 heteroatoms. The van der Waals surface area contributed by atoms with Crippen molar-refractivity contribution in [2.75, 3.05) is 32.8 Å². The van der Waals surface area contributed by atoms with Gasteiger partial charge in [-0.2, -0.15) is 0 Å². The predicted octanol–water partition coefficient (Wildman–Crippen LogP) is 5.34. The standard InChI is InChI=1S/C40H45ClFN3O7/c1-24-17-34(41)36(18-25(24)2)52-16-15-51-32-11-5-27(6-12-32)33-19-29-22-44(37(47)20-31(46)21-38(48)49)23-35(43-29)39(33)40(50)45(30-9-10-30)14-13-26-3-7-28(42)8-4-26/h3-8,11-12,17-18,29-31,35,43,46H,9-10,13-16,19-23H2,1-2H3,(H,48,49)/t29-,31+,35-/m1/s1. The van der Waals surface area contributed by atoms with Crippen molar-refractivity contribution >= 4 is 35.0 Å². The molecule has 10 nitrogen and oxygen atoms in total. The molecule has 3 aromatic rings. The zero-order chi connectivity index (χ0) is 36.9. The molecule has 3 N–H and O–H groups in total. The molecule has 3 aliphatic rings. The number of carboxylic acids is 1. The Morgan fingerprint density at radius 3 is 2.37 bits per heavy atom. The average Bonchev–Trinajstić information content (AvgIpc) is 3.94. The van der Waals surface area contributed by atoms with Gasteiger partial charge in [-0.05, 0) is 104 Å². The number of aryl methyl sites for hydroxylation is 2. The van der Waals surface area contributed by atoms with E-state index in [-0.39, 0.29) is 42.7 Å². The number of carbonyl (C=O) groups is 3. The predicted molar refractivity (Wildman–Crippen MR) is 195 cm³/mol. The summed E-state index contributed by atoms with van der Waals surface area (Å²) in [6.45, 7) is 5.65. The Labute approximate surface area is 308 Å². The molecule has 2 amide bonds. The molecule has 1 aliphatic carbocycles. The molecule has 0 spiro atoms. The molecule has 2 heterocycles. The Hall–Kier alpha value is -4.45. The molecule has 0 radical (unpaired) electrons. The molecule has 2 fully saturated rings. The van der Waals surface area contributed by atoms with Crippen LogP contribution in [0.4, 0.5) is 4.39 Å². The second-order valence-corrected chi connectivity index (χ2v) is 14.4. The highest BCUT2D eigenvalue weighted by Gasteiger charge is 2.43. The highest BCUT2D eigenvalue weighted by atomic mass is 35.5. The SMILES string of the molecule is Cc1cc(Cl)c(OCCOc2ccc(C3=C(C(=O)N(CCc4ccc(F)cc4)C4CC4)[C@H]4CN(C(=O)C[C@H](O)CC(=O)O)C[C@@H](C3)N4)cc2)cc1C. The van der Waals surface area contributed by atoms with Crippen molar-refractivity contribution in [1.82, 2.24) is 15.1 Å². The molecular formula is C40H45ClFN3O7. The molecule has 2 bridgehead atoms. The van der Waals surface area contributed by atoms with Gasteiger partial charge in [0.05, 0.1) is 30.0 Å². The van der Waals surface area contributed by atoms with E-state index in [9.17, 15) is 23.9 Å². The first-order valence-electron chi connectivity index (χ1n) is 17.8. The normalized spacial score (nSPS) is 18.9. The number of nitrogens with zero attached hydrogens (tertiary/aromatic N) is 2. The monoisotopic (exact) mass is 733 g/mol. The number of aliphatic hydroxyl groups excluding tert-OH is 1. The molecule has 0 aromatic heterocycles. The van der Waals surface area contributed by atoms with Crippen molar-refractivity contribution < 1.29 is 38.5 Å². The number of nitrogens with one attached hydrogen (secondary N) is 1. The van der Waals surface area contributed by atoms with E-state index in [0.29, 0.717) is 61.2 Å². The lowest BCUT2D eigenvalue weighted by atomic mass is 9.82. The van der Waals surface area contributed by atoms with Crippen LogP contribution in [0.15, 0.2) is 66.2 Å². The molecule has 2 aliphatic heterocycles. The number of amides is 2. The number of carbonyl (C=O) groups excluding carboxylic acids is 2. The van der Waals surface area contributed by atoms with Crippen molar-refractivity contribution in [2.24, 2.45) is 0 Å². The number of ether oxygens (including phenoxy) is 2. The van der Waals surface area contributed by atoms with E-state index < -0.39 is 24.5 Å². The quantitative estimate of drug-likeness (QED) is 0.179. The molecule has 0 unspecified atom stereocenters. The van der Waals surface area contributed by atoms with Crippen LogP contribution in [0.3, 0.4) is 0 Å². The lowest BCUT2D eigenvalue weighted by molar-refractivity contribution is -0.141. The van der Waals surface area contributed by atoms with Gasteiger partial charge in [0.15, 0.2) is 0 Å². The van der Waals surface area contributed by atoms with Crippen molar-refractivity contribution in [2.45, 2.75) is 76.6 Å². The van der Waals surface area contributed by atoms with E-state index in [1.54, 1.807) is 17.0 Å². The first-order valence-corrected chi connectivity index (χ1v) is 18.2. The topological polar surface area (TPSA) is 129 Å². The fraction of sp³-hybridized carbons (Fsp3) is 0.425. The van der Waals surface area contributed by atoms with Crippen LogP contribution >= 0.6 is 11.6 Å². The van der Waals surface area contributed by atoms with Crippen molar-refractivity contribution in [3.63, 3.8) is 0 Å². The van der Waals surface area contributed by atoms with E-state index in [1.165, 1.54) is 12.1 Å². The summed E-state index contributed by atoms with van der Waals surface area (Å²) in [6, 6.07) is 17.2. The van der Waals surface area contributed by atoms with Crippen LogP contribution in [0.25, 0.3) is 5.57 Å². The van der Waals surface area contributed by atoms with Crippen molar-refractivity contribution in [3.8, 4) is 11.5 Å². The van der Waals surface area contributed by atoms with Gasteiger partial charge < -0.3 is 34.8 Å². The first kappa shape index (κ1) is 37.3. The lowest BCUT2D eigenvalue weighted by Gasteiger charge is -2.45. The first-order chi connectivity index (χ1) is 24.9. The van der Waals surface area contributed by atoms with Crippen LogP contribution in [-0.4, -0.2) is 94.9 Å². The second kappa shape index (κ2) is 16.5. The lowest BCUT2D eigenvalue weighted by Crippen LogP contribution is -2.62. The summed E-state index contributed by atoms with van der Waals surface area (Å²) < 4.78 is 25.4. The molecule has 6 rings (SSSR count). The number of carboxylic acid groups (broad SMARTS) is 1. The zero-order valence-electron chi connectivity index (χ0n) is 29.4. The van der Waals surface area contributed by atoms with E-state index >= 15 is 0 Å². The number of piperazine rings is 1. The smallest absolute Gasteiger partial charge is 0.305 e. The molecular weight excluding hydrogens is 689 g/mol. The number of benzene rings is 3. The number of fused-ring (bicyclic) bond motifs is 2. The second-order valence-electron chi connectivity index (χ2n) is 14.0. The fourth-order valence-electron chi connectivity index (χ4n) is 7.00. The van der Waals surface area contributed by atoms with E-state index in [2.05, 4.69) is 5.32 Å². The summed E-state index contributed by atoms with van der Waals surface area (Å²) >= 11 is 6.35. The third-order valence-electron chi connectivity index (χ3n) is 9.97. The molecule has 3 aromatic carbocycles. The maximum atomic E-state index is 14.6.